The summed E-state index contributed by atoms with van der Waals surface area (Å²) in [7, 11) is 0. The second kappa shape index (κ2) is 4.20. The van der Waals surface area contributed by atoms with Gasteiger partial charge in [0.25, 0.3) is 0 Å². The van der Waals surface area contributed by atoms with Crippen molar-refractivity contribution in [3.05, 3.63) is 40.1 Å². The zero-order chi connectivity index (χ0) is 11.0. The zero-order valence-electron chi connectivity index (χ0n) is 8.60. The quantitative estimate of drug-likeness (QED) is 0.771. The third-order valence-corrected chi connectivity index (χ3v) is 3.92. The van der Waals surface area contributed by atoms with E-state index in [1.807, 2.05) is 6.20 Å². The van der Waals surface area contributed by atoms with Gasteiger partial charge in [0.1, 0.15) is 18.5 Å². The molecule has 0 aromatic carbocycles. The van der Waals surface area contributed by atoms with Gasteiger partial charge >= 0.3 is 0 Å². The van der Waals surface area contributed by atoms with Gasteiger partial charge in [-0.25, -0.2) is 4.98 Å². The van der Waals surface area contributed by atoms with Crippen LogP contribution in [0.4, 0.5) is 0 Å². The molecule has 0 aliphatic carbocycles. The molecule has 5 heteroatoms. The maximum atomic E-state index is 5.79. The molecule has 1 aliphatic rings. The Bertz CT molecular complexity index is 480. The van der Waals surface area contributed by atoms with Crippen LogP contribution in [-0.2, 0) is 23.8 Å². The van der Waals surface area contributed by atoms with Crippen molar-refractivity contribution in [1.82, 2.24) is 9.55 Å². The van der Waals surface area contributed by atoms with E-state index in [1.165, 1.54) is 4.88 Å². The molecule has 0 N–H and O–H groups in total. The van der Waals surface area contributed by atoms with Crippen LogP contribution in [0.2, 0.25) is 0 Å². The fraction of sp³-hybridized carbons (Fsp3) is 0.364. The van der Waals surface area contributed by atoms with E-state index in [1.54, 1.807) is 11.3 Å². The third kappa shape index (κ3) is 1.77. The van der Waals surface area contributed by atoms with Gasteiger partial charge in [-0.05, 0) is 11.4 Å². The second-order valence-corrected chi connectivity index (χ2v) is 5.00. The number of hydrogen-bond donors (Lipinski definition) is 0. The number of alkyl halides is 1. The van der Waals surface area contributed by atoms with E-state index in [0.29, 0.717) is 12.5 Å². The minimum Gasteiger partial charge on any atom is -0.363 e. The first-order valence-corrected chi connectivity index (χ1v) is 6.54. The van der Waals surface area contributed by atoms with Crippen LogP contribution >= 0.6 is 22.9 Å². The van der Waals surface area contributed by atoms with Gasteiger partial charge in [-0.1, -0.05) is 6.07 Å². The van der Waals surface area contributed by atoms with Crippen LogP contribution < -0.4 is 0 Å². The molecule has 1 atom stereocenters. The molecule has 0 amide bonds. The van der Waals surface area contributed by atoms with E-state index in [4.69, 9.17) is 16.3 Å². The topological polar surface area (TPSA) is 27.1 Å². The van der Waals surface area contributed by atoms with Crippen molar-refractivity contribution in [2.45, 2.75) is 25.1 Å². The molecule has 2 aromatic heterocycles. The predicted octanol–water partition coefficient (Wildman–Crippen LogP) is 2.95. The summed E-state index contributed by atoms with van der Waals surface area (Å²) in [5.74, 6) is 1.44. The molecule has 3 heterocycles. The van der Waals surface area contributed by atoms with Crippen LogP contribution in [0.15, 0.2) is 23.7 Å². The van der Waals surface area contributed by atoms with Gasteiger partial charge in [-0.3, -0.25) is 0 Å². The molecular formula is C11H11ClN2OS. The summed E-state index contributed by atoms with van der Waals surface area (Å²) in [6, 6.07) is 4.16. The summed E-state index contributed by atoms with van der Waals surface area (Å²) >= 11 is 7.50. The Labute approximate surface area is 103 Å². The highest BCUT2D eigenvalue weighted by atomic mass is 35.5. The average Bonchev–Trinajstić information content (AvgIpc) is 2.96. The molecule has 0 unspecified atom stereocenters. The summed E-state index contributed by atoms with van der Waals surface area (Å²) in [5.41, 5.74) is 0.923. The van der Waals surface area contributed by atoms with Crippen LogP contribution in [0, 0.1) is 0 Å². The largest absolute Gasteiger partial charge is 0.363 e. The van der Waals surface area contributed by atoms with Crippen molar-refractivity contribution < 1.29 is 4.74 Å². The molecule has 3 rings (SSSR count). The summed E-state index contributed by atoms with van der Waals surface area (Å²) in [6.45, 7) is 1.40. The number of hydrogen-bond acceptors (Lipinski definition) is 3. The van der Waals surface area contributed by atoms with Crippen molar-refractivity contribution >= 4 is 22.9 Å². The minimum atomic E-state index is 0.157. The highest BCUT2D eigenvalue weighted by Crippen LogP contribution is 2.29. The third-order valence-electron chi connectivity index (χ3n) is 2.68. The van der Waals surface area contributed by atoms with Crippen LogP contribution in [0.1, 0.15) is 22.5 Å². The average molecular weight is 255 g/mol. The number of rotatable bonds is 2. The van der Waals surface area contributed by atoms with Crippen LogP contribution in [0.3, 0.4) is 0 Å². The molecule has 1 aliphatic heterocycles. The first-order valence-electron chi connectivity index (χ1n) is 5.12. The smallest absolute Gasteiger partial charge is 0.135 e. The lowest BCUT2D eigenvalue weighted by Gasteiger charge is -2.23. The van der Waals surface area contributed by atoms with Crippen molar-refractivity contribution in [3.63, 3.8) is 0 Å². The zero-order valence-corrected chi connectivity index (χ0v) is 10.2. The first-order chi connectivity index (χ1) is 7.86. The van der Waals surface area contributed by atoms with Crippen molar-refractivity contribution in [2.75, 3.05) is 0 Å². The van der Waals surface area contributed by atoms with Crippen LogP contribution in [0.5, 0.6) is 0 Å². The van der Waals surface area contributed by atoms with Gasteiger partial charge in [-0.2, -0.15) is 0 Å². The van der Waals surface area contributed by atoms with E-state index < -0.39 is 0 Å². The van der Waals surface area contributed by atoms with E-state index in [9.17, 15) is 0 Å². The highest BCUT2D eigenvalue weighted by molar-refractivity contribution is 7.10. The fourth-order valence-corrected chi connectivity index (χ4v) is 2.80. The van der Waals surface area contributed by atoms with Gasteiger partial charge in [0.15, 0.2) is 0 Å². The maximum absolute atomic E-state index is 5.79. The van der Waals surface area contributed by atoms with E-state index in [-0.39, 0.29) is 6.10 Å². The van der Waals surface area contributed by atoms with Crippen LogP contribution in [0.25, 0.3) is 0 Å². The Morgan fingerprint density at radius 3 is 3.31 bits per heavy atom. The Morgan fingerprint density at radius 1 is 1.62 bits per heavy atom. The molecule has 0 bridgehead atoms. The predicted molar refractivity (Wildman–Crippen MR) is 63.6 cm³/mol. The molecule has 0 spiro atoms. The molecule has 0 fully saturated rings. The molecular weight excluding hydrogens is 244 g/mol. The maximum Gasteiger partial charge on any atom is 0.135 e. The summed E-state index contributed by atoms with van der Waals surface area (Å²) in [5, 5.41) is 2.08. The fourth-order valence-electron chi connectivity index (χ4n) is 1.90. The van der Waals surface area contributed by atoms with Gasteiger partial charge < -0.3 is 9.30 Å². The lowest BCUT2D eigenvalue weighted by Crippen LogP contribution is -2.20. The molecule has 84 valence electrons. The van der Waals surface area contributed by atoms with Crippen molar-refractivity contribution in [1.29, 1.82) is 0 Å². The Kier molecular flexibility index (Phi) is 2.71. The SMILES string of the molecule is ClCc1cn2c(n1)CO[C@@H](c1cccs1)C2. The van der Waals surface area contributed by atoms with E-state index in [2.05, 4.69) is 27.1 Å². The first kappa shape index (κ1) is 10.3. The normalized spacial score (nSPS) is 19.7. The van der Waals surface area contributed by atoms with Gasteiger partial charge in [-0.15, -0.1) is 22.9 Å². The number of nitrogens with zero attached hydrogens (tertiary/aromatic N) is 2. The number of ether oxygens (including phenoxy) is 1. The Hall–Kier alpha value is -0.840. The molecule has 16 heavy (non-hydrogen) atoms. The van der Waals surface area contributed by atoms with Gasteiger partial charge in [0.2, 0.25) is 0 Å². The monoisotopic (exact) mass is 254 g/mol. The molecule has 0 saturated heterocycles. The molecule has 2 aromatic rings. The summed E-state index contributed by atoms with van der Waals surface area (Å²) in [6.07, 6.45) is 2.18. The van der Waals surface area contributed by atoms with Crippen LogP contribution in [-0.4, -0.2) is 9.55 Å². The van der Waals surface area contributed by atoms with Crippen molar-refractivity contribution in [3.8, 4) is 0 Å². The van der Waals surface area contributed by atoms with Crippen molar-refractivity contribution in [2.24, 2.45) is 0 Å². The van der Waals surface area contributed by atoms with Gasteiger partial charge in [0, 0.05) is 11.1 Å². The lowest BCUT2D eigenvalue weighted by atomic mass is 10.2. The second-order valence-electron chi connectivity index (χ2n) is 3.75. The standard InChI is InChI=1S/C11H11ClN2OS/c12-4-8-5-14-6-9(10-2-1-3-16-10)15-7-11(14)13-8/h1-3,5,9H,4,6-7H2/t9-/m1/s1. The number of imidazole rings is 1. The highest BCUT2D eigenvalue weighted by Gasteiger charge is 2.22. The van der Waals surface area contributed by atoms with E-state index >= 15 is 0 Å². The van der Waals surface area contributed by atoms with E-state index in [0.717, 1.165) is 18.1 Å². The minimum absolute atomic E-state index is 0.157. The Balaban J connectivity index is 1.85. The van der Waals surface area contributed by atoms with Gasteiger partial charge in [0.05, 0.1) is 18.1 Å². The number of fused-ring (bicyclic) bond motifs is 1. The summed E-state index contributed by atoms with van der Waals surface area (Å²) in [4.78, 5) is 5.66. The number of halogens is 1. The molecule has 3 nitrogen and oxygen atoms in total. The number of thiophene rings is 1. The number of aromatic nitrogens is 2. The molecule has 0 radical (unpaired) electrons. The summed E-state index contributed by atoms with van der Waals surface area (Å²) < 4.78 is 7.94. The molecule has 0 saturated carbocycles. The lowest BCUT2D eigenvalue weighted by molar-refractivity contribution is 0.00267. The Morgan fingerprint density at radius 2 is 2.56 bits per heavy atom.